The number of benzene rings is 1. The van der Waals surface area contributed by atoms with Crippen LogP contribution in [0.4, 0.5) is 10.5 Å². The molecule has 0 spiro atoms. The first-order chi connectivity index (χ1) is 11.7. The smallest absolute Gasteiger partial charge is 0.419 e. The van der Waals surface area contributed by atoms with Gasteiger partial charge in [0.05, 0.1) is 5.52 Å². The van der Waals surface area contributed by atoms with E-state index in [2.05, 4.69) is 5.32 Å². The molecule has 7 heteroatoms. The quantitative estimate of drug-likeness (QED) is 0.904. The van der Waals surface area contributed by atoms with Crippen molar-refractivity contribution in [1.82, 2.24) is 9.47 Å². The lowest BCUT2D eigenvalue weighted by molar-refractivity contribution is 0.0206. The summed E-state index contributed by atoms with van der Waals surface area (Å²) < 4.78 is 12.1. The van der Waals surface area contributed by atoms with Crippen molar-refractivity contribution in [3.8, 4) is 0 Å². The summed E-state index contributed by atoms with van der Waals surface area (Å²) in [7, 11) is 1.68. The van der Waals surface area contributed by atoms with E-state index in [0.717, 1.165) is 24.0 Å². The zero-order chi connectivity index (χ0) is 18.2. The van der Waals surface area contributed by atoms with Crippen molar-refractivity contribution in [1.29, 1.82) is 0 Å². The number of rotatable bonds is 2. The van der Waals surface area contributed by atoms with Gasteiger partial charge in [-0.2, -0.15) is 0 Å². The first kappa shape index (κ1) is 17.4. The Morgan fingerprint density at radius 1 is 1.36 bits per heavy atom. The predicted molar refractivity (Wildman–Crippen MR) is 95.9 cm³/mol. The highest BCUT2D eigenvalue weighted by Crippen LogP contribution is 2.22. The lowest BCUT2D eigenvalue weighted by atomic mass is 10.1. The average molecular weight is 347 g/mol. The van der Waals surface area contributed by atoms with Gasteiger partial charge in [-0.25, -0.2) is 9.59 Å². The van der Waals surface area contributed by atoms with Crippen LogP contribution in [0.2, 0.25) is 0 Å². The van der Waals surface area contributed by atoms with Crippen molar-refractivity contribution < 1.29 is 13.9 Å². The highest BCUT2D eigenvalue weighted by molar-refractivity contribution is 5.77. The SMILES string of the molecule is Cn1c(=O)oc2ccc(NC3CCCN(C(=O)OC(C)(C)C)C3)cc21. The molecule has 0 saturated carbocycles. The molecule has 7 nitrogen and oxygen atoms in total. The van der Waals surface area contributed by atoms with Gasteiger partial charge < -0.3 is 19.4 Å². The van der Waals surface area contributed by atoms with E-state index in [1.165, 1.54) is 4.57 Å². The number of carbonyl (C=O) groups is 1. The second kappa shape index (κ2) is 6.46. The zero-order valence-corrected chi connectivity index (χ0v) is 15.2. The molecule has 3 rings (SSSR count). The van der Waals surface area contributed by atoms with E-state index in [-0.39, 0.29) is 17.9 Å². The highest BCUT2D eigenvalue weighted by Gasteiger charge is 2.27. The first-order valence-electron chi connectivity index (χ1n) is 8.57. The minimum atomic E-state index is -0.492. The summed E-state index contributed by atoms with van der Waals surface area (Å²) in [6.07, 6.45) is 1.62. The fourth-order valence-corrected chi connectivity index (χ4v) is 3.04. The molecule has 1 aromatic heterocycles. The van der Waals surface area contributed by atoms with Crippen molar-refractivity contribution in [2.45, 2.75) is 45.3 Å². The number of hydrogen-bond acceptors (Lipinski definition) is 5. The molecule has 1 saturated heterocycles. The number of carbonyl (C=O) groups excluding carboxylic acids is 1. The lowest BCUT2D eigenvalue weighted by Gasteiger charge is -2.34. The maximum absolute atomic E-state index is 12.3. The van der Waals surface area contributed by atoms with Gasteiger partial charge in [-0.1, -0.05) is 0 Å². The predicted octanol–water partition coefficient (Wildman–Crippen LogP) is 2.94. The molecular formula is C18H25N3O4. The second-order valence-corrected chi connectivity index (χ2v) is 7.52. The molecule has 1 aliphatic heterocycles. The van der Waals surface area contributed by atoms with Crippen LogP contribution in [-0.4, -0.2) is 40.3 Å². The minimum Gasteiger partial charge on any atom is -0.444 e. The van der Waals surface area contributed by atoms with Crippen LogP contribution in [0, 0.1) is 0 Å². The van der Waals surface area contributed by atoms with Crippen LogP contribution in [0.3, 0.4) is 0 Å². The number of hydrogen-bond donors (Lipinski definition) is 1. The van der Waals surface area contributed by atoms with Gasteiger partial charge in [0.25, 0.3) is 0 Å². The zero-order valence-electron chi connectivity index (χ0n) is 15.2. The number of aromatic nitrogens is 1. The summed E-state index contributed by atoms with van der Waals surface area (Å²) >= 11 is 0. The number of amides is 1. The Hall–Kier alpha value is -2.44. The van der Waals surface area contributed by atoms with Crippen molar-refractivity contribution in [3.05, 3.63) is 28.7 Å². The molecular weight excluding hydrogens is 322 g/mol. The van der Waals surface area contributed by atoms with Crippen molar-refractivity contribution in [2.75, 3.05) is 18.4 Å². The maximum atomic E-state index is 12.3. The molecule has 0 aliphatic carbocycles. The summed E-state index contributed by atoms with van der Waals surface area (Å²) in [6.45, 7) is 6.92. The summed E-state index contributed by atoms with van der Waals surface area (Å²) in [5.74, 6) is -0.374. The van der Waals surface area contributed by atoms with E-state index in [4.69, 9.17) is 9.15 Å². The topological polar surface area (TPSA) is 76.7 Å². The number of fused-ring (bicyclic) bond motifs is 1. The van der Waals surface area contributed by atoms with E-state index < -0.39 is 5.60 Å². The monoisotopic (exact) mass is 347 g/mol. The van der Waals surface area contributed by atoms with Gasteiger partial charge in [-0.15, -0.1) is 0 Å². The Morgan fingerprint density at radius 2 is 2.12 bits per heavy atom. The normalized spacial score (nSPS) is 18.4. The van der Waals surface area contributed by atoms with Gasteiger partial charge in [0.1, 0.15) is 5.60 Å². The number of ether oxygens (including phenoxy) is 1. The van der Waals surface area contributed by atoms with Gasteiger partial charge in [-0.05, 0) is 51.8 Å². The number of oxazole rings is 1. The number of likely N-dealkylation sites (tertiary alicyclic amines) is 1. The number of piperidine rings is 1. The van der Waals surface area contributed by atoms with Crippen LogP contribution in [-0.2, 0) is 11.8 Å². The number of anilines is 1. The number of aryl methyl sites for hydroxylation is 1. The Bertz CT molecular complexity index is 831. The number of nitrogens with zero attached hydrogens (tertiary/aromatic N) is 2. The first-order valence-corrected chi connectivity index (χ1v) is 8.57. The lowest BCUT2D eigenvalue weighted by Crippen LogP contribution is -2.46. The Morgan fingerprint density at radius 3 is 2.84 bits per heavy atom. The molecule has 136 valence electrons. The molecule has 1 aromatic carbocycles. The van der Waals surface area contributed by atoms with Crippen LogP contribution in [0.25, 0.3) is 11.1 Å². The fraction of sp³-hybridized carbons (Fsp3) is 0.556. The van der Waals surface area contributed by atoms with Gasteiger partial charge in [-0.3, -0.25) is 4.57 Å². The third-order valence-corrected chi connectivity index (χ3v) is 4.24. The fourth-order valence-electron chi connectivity index (χ4n) is 3.04. The Kier molecular flexibility index (Phi) is 4.49. The second-order valence-electron chi connectivity index (χ2n) is 7.52. The molecule has 0 bridgehead atoms. The van der Waals surface area contributed by atoms with Crippen LogP contribution >= 0.6 is 0 Å². The minimum absolute atomic E-state index is 0.141. The van der Waals surface area contributed by atoms with Crippen molar-refractivity contribution in [2.24, 2.45) is 7.05 Å². The third kappa shape index (κ3) is 3.97. The number of nitrogens with one attached hydrogen (secondary N) is 1. The summed E-state index contributed by atoms with van der Waals surface area (Å²) in [5, 5.41) is 3.45. The molecule has 1 fully saturated rings. The van der Waals surface area contributed by atoms with Gasteiger partial charge >= 0.3 is 11.8 Å². The summed E-state index contributed by atoms with van der Waals surface area (Å²) in [5.41, 5.74) is 1.72. The van der Waals surface area contributed by atoms with Crippen LogP contribution < -0.4 is 11.1 Å². The molecule has 1 unspecified atom stereocenters. The molecule has 1 aliphatic rings. The standard InChI is InChI=1S/C18H25N3O4/c1-18(2,3)25-17(23)21-9-5-6-13(11-21)19-12-7-8-15-14(10-12)20(4)16(22)24-15/h7-8,10,13,19H,5-6,9,11H2,1-4H3. The molecule has 1 atom stereocenters. The molecule has 2 heterocycles. The van der Waals surface area contributed by atoms with Crippen LogP contribution in [0.5, 0.6) is 0 Å². The van der Waals surface area contributed by atoms with E-state index in [1.807, 2.05) is 32.9 Å². The third-order valence-electron chi connectivity index (χ3n) is 4.24. The molecule has 0 radical (unpaired) electrons. The van der Waals surface area contributed by atoms with E-state index in [9.17, 15) is 9.59 Å². The molecule has 2 aromatic rings. The average Bonchev–Trinajstić information content (AvgIpc) is 2.81. The molecule has 1 amide bonds. The highest BCUT2D eigenvalue weighted by atomic mass is 16.6. The Balaban J connectivity index is 1.69. The van der Waals surface area contributed by atoms with Crippen LogP contribution in [0.1, 0.15) is 33.6 Å². The molecule has 1 N–H and O–H groups in total. The van der Waals surface area contributed by atoms with E-state index in [1.54, 1.807) is 18.0 Å². The maximum Gasteiger partial charge on any atom is 0.419 e. The van der Waals surface area contributed by atoms with Crippen molar-refractivity contribution in [3.63, 3.8) is 0 Å². The van der Waals surface area contributed by atoms with Gasteiger partial charge in [0, 0.05) is 31.9 Å². The summed E-state index contributed by atoms with van der Waals surface area (Å²) in [6, 6.07) is 5.71. The van der Waals surface area contributed by atoms with Gasteiger partial charge in [0.2, 0.25) is 0 Å². The molecule has 25 heavy (non-hydrogen) atoms. The Labute approximate surface area is 146 Å². The van der Waals surface area contributed by atoms with Gasteiger partial charge in [0.15, 0.2) is 5.58 Å². The van der Waals surface area contributed by atoms with E-state index in [0.29, 0.717) is 18.7 Å². The van der Waals surface area contributed by atoms with Crippen molar-refractivity contribution >= 4 is 22.9 Å². The largest absolute Gasteiger partial charge is 0.444 e. The van der Waals surface area contributed by atoms with Crippen LogP contribution in [0.15, 0.2) is 27.4 Å². The van der Waals surface area contributed by atoms with E-state index >= 15 is 0 Å². The summed E-state index contributed by atoms with van der Waals surface area (Å²) in [4.78, 5) is 25.6.